The summed E-state index contributed by atoms with van der Waals surface area (Å²) < 4.78 is 10.2. The van der Waals surface area contributed by atoms with E-state index in [1.54, 1.807) is 19.2 Å². The van der Waals surface area contributed by atoms with Gasteiger partial charge in [0.25, 0.3) is 5.56 Å². The monoisotopic (exact) mass is 713 g/mol. The summed E-state index contributed by atoms with van der Waals surface area (Å²) in [5.41, 5.74) is 3.68. The molecule has 0 amide bonds. The van der Waals surface area contributed by atoms with Crippen LogP contribution in [-0.2, 0) is 6.61 Å². The van der Waals surface area contributed by atoms with Gasteiger partial charge in [-0.15, -0.1) is 0 Å². The Hall–Kier alpha value is -1.79. The van der Waals surface area contributed by atoms with E-state index >= 15 is 0 Å². The van der Waals surface area contributed by atoms with E-state index in [-0.39, 0.29) is 5.56 Å². The number of nitrogens with zero attached hydrogens (tertiary/aromatic N) is 3. The maximum Gasteiger partial charge on any atom is 0.282 e. The van der Waals surface area contributed by atoms with Gasteiger partial charge in [-0.1, -0.05) is 45.8 Å². The van der Waals surface area contributed by atoms with Crippen LogP contribution in [0.3, 0.4) is 0 Å². The Morgan fingerprint density at radius 1 is 1.06 bits per heavy atom. The van der Waals surface area contributed by atoms with Gasteiger partial charge in [-0.05, 0) is 100 Å². The van der Waals surface area contributed by atoms with Gasteiger partial charge in [-0.25, -0.2) is 4.98 Å². The van der Waals surface area contributed by atoms with E-state index in [1.165, 1.54) is 10.2 Å². The smallest absolute Gasteiger partial charge is 0.282 e. The molecule has 1 heterocycles. The van der Waals surface area contributed by atoms with Crippen LogP contribution in [0.25, 0.3) is 10.9 Å². The fourth-order valence-electron chi connectivity index (χ4n) is 3.15. The molecule has 0 bridgehead atoms. The lowest BCUT2D eigenvalue weighted by atomic mass is 10.2. The Morgan fingerprint density at radius 2 is 1.75 bits per heavy atom. The fraction of sp³-hybridized carbons (Fsp3) is 0.125. The Balaban J connectivity index is 1.60. The minimum atomic E-state index is -0.201. The molecule has 0 atom stereocenters. The van der Waals surface area contributed by atoms with Crippen molar-refractivity contribution in [3.63, 3.8) is 0 Å². The van der Waals surface area contributed by atoms with Gasteiger partial charge in [0.1, 0.15) is 18.2 Å². The summed E-state index contributed by atoms with van der Waals surface area (Å²) >= 11 is 7.94. The summed E-state index contributed by atoms with van der Waals surface area (Å²) in [4.78, 5) is 17.4. The van der Waals surface area contributed by atoms with Gasteiger partial charge in [0.2, 0.25) is 0 Å². The van der Waals surface area contributed by atoms with Crippen LogP contribution in [0.1, 0.15) is 22.5 Å². The molecule has 0 spiro atoms. The van der Waals surface area contributed by atoms with Gasteiger partial charge >= 0.3 is 0 Å². The van der Waals surface area contributed by atoms with Crippen molar-refractivity contribution in [3.05, 3.63) is 99.1 Å². The predicted molar refractivity (Wildman–Crippen MR) is 149 cm³/mol. The summed E-state index contributed by atoms with van der Waals surface area (Å²) in [6.45, 7) is 4.35. The van der Waals surface area contributed by atoms with Crippen molar-refractivity contribution in [1.29, 1.82) is 0 Å². The average molecular weight is 714 g/mol. The molecule has 0 aliphatic carbocycles. The number of rotatable bonds is 5. The Kier molecular flexibility index (Phi) is 7.30. The van der Waals surface area contributed by atoms with Crippen molar-refractivity contribution in [1.82, 2.24) is 9.66 Å². The van der Waals surface area contributed by atoms with E-state index in [2.05, 4.69) is 102 Å². The highest BCUT2D eigenvalue weighted by Crippen LogP contribution is 2.29. The summed E-state index contributed by atoms with van der Waals surface area (Å²) in [6.07, 6.45) is 1.67. The molecule has 0 saturated heterocycles. The van der Waals surface area contributed by atoms with Gasteiger partial charge in [0, 0.05) is 4.47 Å². The molecular formula is C24H18BrI2N3O2. The van der Waals surface area contributed by atoms with Gasteiger partial charge in [0.15, 0.2) is 0 Å². The van der Waals surface area contributed by atoms with Crippen LogP contribution < -0.4 is 10.3 Å². The largest absolute Gasteiger partial charge is 0.487 e. The third kappa shape index (κ3) is 5.23. The van der Waals surface area contributed by atoms with Crippen molar-refractivity contribution < 1.29 is 4.74 Å². The molecule has 0 saturated carbocycles. The molecule has 32 heavy (non-hydrogen) atoms. The van der Waals surface area contributed by atoms with Crippen LogP contribution in [-0.4, -0.2) is 15.9 Å². The molecule has 0 aliphatic heterocycles. The van der Waals surface area contributed by atoms with Crippen molar-refractivity contribution in [2.75, 3.05) is 0 Å². The molecule has 4 aromatic rings. The molecule has 0 aliphatic rings. The highest BCUT2D eigenvalue weighted by Gasteiger charge is 2.10. The van der Waals surface area contributed by atoms with Crippen molar-refractivity contribution in [3.8, 4) is 5.75 Å². The maximum atomic E-state index is 12.9. The minimum Gasteiger partial charge on any atom is -0.487 e. The molecule has 5 nitrogen and oxygen atoms in total. The van der Waals surface area contributed by atoms with Crippen LogP contribution in [0.4, 0.5) is 0 Å². The van der Waals surface area contributed by atoms with Crippen LogP contribution in [0.5, 0.6) is 5.75 Å². The Bertz CT molecular complexity index is 1380. The molecule has 3 aromatic carbocycles. The summed E-state index contributed by atoms with van der Waals surface area (Å²) in [7, 11) is 0. The standard InChI is InChI=1S/C24H18BrI2N3O2/c1-14-3-5-16(6-4-14)13-32-23-20(26)9-17(10-21(23)27)12-28-30-15(2)29-22-8-7-18(25)11-19(22)24(30)31/h3-12H,13H2,1-2H3. The molecule has 0 unspecified atom stereocenters. The van der Waals surface area contributed by atoms with Crippen molar-refractivity contribution >= 4 is 78.2 Å². The lowest BCUT2D eigenvalue weighted by Gasteiger charge is -2.12. The van der Waals surface area contributed by atoms with E-state index in [0.29, 0.717) is 23.3 Å². The first-order valence-electron chi connectivity index (χ1n) is 9.72. The number of benzene rings is 3. The number of fused-ring (bicyclic) bond motifs is 1. The molecule has 8 heteroatoms. The van der Waals surface area contributed by atoms with E-state index < -0.39 is 0 Å². The maximum absolute atomic E-state index is 12.9. The number of aryl methyl sites for hydroxylation is 2. The zero-order valence-corrected chi connectivity index (χ0v) is 23.2. The normalized spacial score (nSPS) is 11.4. The number of ether oxygens (including phenoxy) is 1. The van der Waals surface area contributed by atoms with Crippen LogP contribution in [0.15, 0.2) is 69.0 Å². The van der Waals surface area contributed by atoms with E-state index in [1.807, 2.05) is 24.3 Å². The molecule has 0 radical (unpaired) electrons. The van der Waals surface area contributed by atoms with Gasteiger partial charge in [-0.3, -0.25) is 4.79 Å². The van der Waals surface area contributed by atoms with Crippen molar-refractivity contribution in [2.45, 2.75) is 20.5 Å². The molecular weight excluding hydrogens is 696 g/mol. The minimum absolute atomic E-state index is 0.201. The third-order valence-electron chi connectivity index (χ3n) is 4.82. The lowest BCUT2D eigenvalue weighted by molar-refractivity contribution is 0.301. The first kappa shape index (κ1) is 23.4. The van der Waals surface area contributed by atoms with E-state index in [4.69, 9.17) is 4.74 Å². The van der Waals surface area contributed by atoms with Crippen molar-refractivity contribution in [2.24, 2.45) is 5.10 Å². The second-order valence-electron chi connectivity index (χ2n) is 7.27. The second kappa shape index (κ2) is 10.0. The zero-order chi connectivity index (χ0) is 22.8. The number of hydrogen-bond donors (Lipinski definition) is 0. The third-order valence-corrected chi connectivity index (χ3v) is 6.91. The van der Waals surface area contributed by atoms with Crippen LogP contribution in [0, 0.1) is 21.0 Å². The lowest BCUT2D eigenvalue weighted by Crippen LogP contribution is -2.20. The molecule has 1 aromatic heterocycles. The number of hydrogen-bond acceptors (Lipinski definition) is 4. The Labute approximate surface area is 221 Å². The molecule has 0 fully saturated rings. The zero-order valence-electron chi connectivity index (χ0n) is 17.3. The van der Waals surface area contributed by atoms with E-state index in [9.17, 15) is 4.79 Å². The topological polar surface area (TPSA) is 56.5 Å². The van der Waals surface area contributed by atoms with Gasteiger partial charge in [-0.2, -0.15) is 9.78 Å². The van der Waals surface area contributed by atoms with E-state index in [0.717, 1.165) is 28.5 Å². The summed E-state index contributed by atoms with van der Waals surface area (Å²) in [5, 5.41) is 4.94. The molecule has 0 N–H and O–H groups in total. The van der Waals surface area contributed by atoms with Crippen LogP contribution in [0.2, 0.25) is 0 Å². The Morgan fingerprint density at radius 3 is 2.44 bits per heavy atom. The molecule has 4 rings (SSSR count). The first-order chi connectivity index (χ1) is 15.3. The SMILES string of the molecule is Cc1ccc(COc2c(I)cc(C=Nn3c(C)nc4ccc(Br)cc4c3=O)cc2I)cc1. The van der Waals surface area contributed by atoms with Crippen LogP contribution >= 0.6 is 61.1 Å². The first-order valence-corrected chi connectivity index (χ1v) is 12.7. The number of aromatic nitrogens is 2. The summed E-state index contributed by atoms with van der Waals surface area (Å²) in [5.74, 6) is 1.37. The molecule has 162 valence electrons. The number of halogens is 3. The highest BCUT2D eigenvalue weighted by atomic mass is 127. The van der Waals surface area contributed by atoms with Gasteiger partial charge < -0.3 is 4.74 Å². The van der Waals surface area contributed by atoms with Gasteiger partial charge in [0.05, 0.1) is 24.3 Å². The highest BCUT2D eigenvalue weighted by molar-refractivity contribution is 14.1. The summed E-state index contributed by atoms with van der Waals surface area (Å²) in [6, 6.07) is 17.7. The average Bonchev–Trinajstić information content (AvgIpc) is 2.75. The predicted octanol–water partition coefficient (Wildman–Crippen LogP) is 6.45. The quantitative estimate of drug-likeness (QED) is 0.177. The fourth-order valence-corrected chi connectivity index (χ4v) is 5.64. The second-order valence-corrected chi connectivity index (χ2v) is 10.5.